The van der Waals surface area contributed by atoms with E-state index in [1.165, 1.54) is 6.07 Å². The van der Waals surface area contributed by atoms with E-state index in [-0.39, 0.29) is 5.82 Å². The Labute approximate surface area is 123 Å². The van der Waals surface area contributed by atoms with Gasteiger partial charge in [-0.05, 0) is 24.3 Å². The zero-order valence-electron chi connectivity index (χ0n) is 12.3. The molecule has 0 fully saturated rings. The molecule has 2 rings (SSSR count). The lowest BCUT2D eigenvalue weighted by Crippen LogP contribution is -2.04. The largest absolute Gasteiger partial charge is 0.497 e. The Hall–Kier alpha value is -2.43. The van der Waals surface area contributed by atoms with Crippen LogP contribution in [-0.4, -0.2) is 21.3 Å². The van der Waals surface area contributed by atoms with E-state index in [9.17, 15) is 4.39 Å². The highest BCUT2D eigenvalue weighted by atomic mass is 19.1. The van der Waals surface area contributed by atoms with E-state index in [4.69, 9.17) is 14.2 Å². The molecule has 112 valence electrons. The molecular weight excluding hydrogens is 273 g/mol. The predicted molar refractivity (Wildman–Crippen MR) is 79.8 cm³/mol. The molecule has 0 spiro atoms. The number of hydrogen-bond acceptors (Lipinski definition) is 4. The Bertz CT molecular complexity index is 616. The van der Waals surface area contributed by atoms with Crippen molar-refractivity contribution in [3.63, 3.8) is 0 Å². The van der Waals surface area contributed by atoms with Gasteiger partial charge in [-0.1, -0.05) is 0 Å². The number of anilines is 1. The van der Waals surface area contributed by atoms with Crippen molar-refractivity contribution in [3.05, 3.63) is 47.8 Å². The molecule has 0 aliphatic rings. The number of ether oxygens (including phenoxy) is 3. The molecule has 0 heterocycles. The van der Waals surface area contributed by atoms with Crippen LogP contribution < -0.4 is 19.5 Å². The fourth-order valence-electron chi connectivity index (χ4n) is 1.96. The topological polar surface area (TPSA) is 39.7 Å². The van der Waals surface area contributed by atoms with Gasteiger partial charge in [-0.3, -0.25) is 0 Å². The second-order valence-electron chi connectivity index (χ2n) is 4.38. The van der Waals surface area contributed by atoms with Gasteiger partial charge in [0.05, 0.1) is 27.0 Å². The molecule has 0 bridgehead atoms. The number of methoxy groups -OCH3 is 3. The summed E-state index contributed by atoms with van der Waals surface area (Å²) in [6.45, 7) is 0.428. The molecule has 2 aromatic rings. The SMILES string of the molecule is COc1ccc(F)c(NCc2ccc(OC)cc2OC)c1. The summed E-state index contributed by atoms with van der Waals surface area (Å²) in [5.74, 6) is 1.66. The molecule has 21 heavy (non-hydrogen) atoms. The van der Waals surface area contributed by atoms with Gasteiger partial charge in [0.2, 0.25) is 0 Å². The highest BCUT2D eigenvalue weighted by molar-refractivity contribution is 5.51. The maximum Gasteiger partial charge on any atom is 0.146 e. The minimum Gasteiger partial charge on any atom is -0.497 e. The van der Waals surface area contributed by atoms with Crippen molar-refractivity contribution in [2.24, 2.45) is 0 Å². The van der Waals surface area contributed by atoms with Gasteiger partial charge in [-0.25, -0.2) is 4.39 Å². The van der Waals surface area contributed by atoms with Crippen LogP contribution in [-0.2, 0) is 6.54 Å². The molecule has 0 aliphatic heterocycles. The van der Waals surface area contributed by atoms with E-state index in [1.54, 1.807) is 39.5 Å². The van der Waals surface area contributed by atoms with Crippen LogP contribution in [0.3, 0.4) is 0 Å². The number of rotatable bonds is 6. The third-order valence-electron chi connectivity index (χ3n) is 3.14. The summed E-state index contributed by atoms with van der Waals surface area (Å²) < 4.78 is 29.3. The van der Waals surface area contributed by atoms with E-state index in [0.717, 1.165) is 5.56 Å². The molecule has 0 aromatic heterocycles. The molecule has 0 unspecified atom stereocenters. The zero-order valence-corrected chi connectivity index (χ0v) is 12.3. The zero-order chi connectivity index (χ0) is 15.2. The minimum atomic E-state index is -0.330. The summed E-state index contributed by atoms with van der Waals surface area (Å²) >= 11 is 0. The highest BCUT2D eigenvalue weighted by Crippen LogP contribution is 2.27. The summed E-state index contributed by atoms with van der Waals surface area (Å²) in [6.07, 6.45) is 0. The molecular formula is C16H18FNO3. The fraction of sp³-hybridized carbons (Fsp3) is 0.250. The van der Waals surface area contributed by atoms with E-state index in [2.05, 4.69) is 5.32 Å². The first-order chi connectivity index (χ1) is 10.2. The Morgan fingerprint density at radius 3 is 2.24 bits per heavy atom. The van der Waals surface area contributed by atoms with Gasteiger partial charge < -0.3 is 19.5 Å². The van der Waals surface area contributed by atoms with E-state index < -0.39 is 0 Å². The Morgan fingerprint density at radius 1 is 0.905 bits per heavy atom. The van der Waals surface area contributed by atoms with Crippen LogP contribution in [0.15, 0.2) is 36.4 Å². The van der Waals surface area contributed by atoms with Crippen LogP contribution in [0.1, 0.15) is 5.56 Å². The maximum absolute atomic E-state index is 13.7. The van der Waals surface area contributed by atoms with Crippen LogP contribution in [0.2, 0.25) is 0 Å². The summed E-state index contributed by atoms with van der Waals surface area (Å²) in [5.41, 5.74) is 1.28. The highest BCUT2D eigenvalue weighted by Gasteiger charge is 2.08. The normalized spacial score (nSPS) is 10.1. The Balaban J connectivity index is 2.16. The van der Waals surface area contributed by atoms with Crippen molar-refractivity contribution in [1.82, 2.24) is 0 Å². The molecule has 0 radical (unpaired) electrons. The second-order valence-corrected chi connectivity index (χ2v) is 4.38. The van der Waals surface area contributed by atoms with Crippen molar-refractivity contribution in [2.75, 3.05) is 26.6 Å². The van der Waals surface area contributed by atoms with Crippen molar-refractivity contribution in [2.45, 2.75) is 6.54 Å². The van der Waals surface area contributed by atoms with Gasteiger partial charge in [0.1, 0.15) is 23.1 Å². The lowest BCUT2D eigenvalue weighted by atomic mass is 10.2. The molecule has 4 nitrogen and oxygen atoms in total. The van der Waals surface area contributed by atoms with Crippen LogP contribution in [0.5, 0.6) is 17.2 Å². The smallest absolute Gasteiger partial charge is 0.146 e. The average molecular weight is 291 g/mol. The third-order valence-corrected chi connectivity index (χ3v) is 3.14. The minimum absolute atomic E-state index is 0.330. The molecule has 2 aromatic carbocycles. The quantitative estimate of drug-likeness (QED) is 0.884. The predicted octanol–water partition coefficient (Wildman–Crippen LogP) is 3.46. The molecule has 0 amide bonds. The van der Waals surface area contributed by atoms with Crippen molar-refractivity contribution >= 4 is 5.69 Å². The summed E-state index contributed by atoms with van der Waals surface area (Å²) in [7, 11) is 4.73. The van der Waals surface area contributed by atoms with Gasteiger partial charge in [0, 0.05) is 24.2 Å². The molecule has 0 saturated heterocycles. The second kappa shape index (κ2) is 6.83. The van der Waals surface area contributed by atoms with Gasteiger partial charge in [-0.15, -0.1) is 0 Å². The van der Waals surface area contributed by atoms with Crippen molar-refractivity contribution in [3.8, 4) is 17.2 Å². The summed E-state index contributed by atoms with van der Waals surface area (Å²) in [5, 5.41) is 3.04. The van der Waals surface area contributed by atoms with E-state index in [0.29, 0.717) is 29.5 Å². The van der Waals surface area contributed by atoms with Gasteiger partial charge >= 0.3 is 0 Å². The first-order valence-electron chi connectivity index (χ1n) is 6.46. The Morgan fingerprint density at radius 2 is 1.57 bits per heavy atom. The molecule has 5 heteroatoms. The van der Waals surface area contributed by atoms with E-state index in [1.807, 2.05) is 12.1 Å². The molecule has 0 aliphatic carbocycles. The van der Waals surface area contributed by atoms with Gasteiger partial charge in [0.15, 0.2) is 0 Å². The summed E-state index contributed by atoms with van der Waals surface area (Å²) in [6, 6.07) is 10.1. The molecule has 0 saturated carbocycles. The first-order valence-corrected chi connectivity index (χ1v) is 6.46. The van der Waals surface area contributed by atoms with Gasteiger partial charge in [-0.2, -0.15) is 0 Å². The van der Waals surface area contributed by atoms with Crippen LogP contribution in [0.4, 0.5) is 10.1 Å². The van der Waals surface area contributed by atoms with Crippen LogP contribution >= 0.6 is 0 Å². The van der Waals surface area contributed by atoms with Crippen LogP contribution in [0.25, 0.3) is 0 Å². The monoisotopic (exact) mass is 291 g/mol. The standard InChI is InChI=1S/C16H18FNO3/c1-19-12-6-7-14(17)15(8-12)18-10-11-4-5-13(20-2)9-16(11)21-3/h4-9,18H,10H2,1-3H3. The lowest BCUT2D eigenvalue weighted by Gasteiger charge is -2.13. The van der Waals surface area contributed by atoms with Crippen LogP contribution in [0, 0.1) is 5.82 Å². The number of hydrogen-bond donors (Lipinski definition) is 1. The third kappa shape index (κ3) is 3.56. The number of benzene rings is 2. The van der Waals surface area contributed by atoms with E-state index >= 15 is 0 Å². The summed E-state index contributed by atoms with van der Waals surface area (Å²) in [4.78, 5) is 0. The lowest BCUT2D eigenvalue weighted by molar-refractivity contribution is 0.391. The first kappa shape index (κ1) is 15.0. The maximum atomic E-state index is 13.7. The van der Waals surface area contributed by atoms with Crippen molar-refractivity contribution in [1.29, 1.82) is 0 Å². The molecule has 0 atom stereocenters. The molecule has 1 N–H and O–H groups in total. The van der Waals surface area contributed by atoms with Crippen molar-refractivity contribution < 1.29 is 18.6 Å². The number of halogens is 1. The fourth-order valence-corrected chi connectivity index (χ4v) is 1.96. The van der Waals surface area contributed by atoms with Gasteiger partial charge in [0.25, 0.3) is 0 Å². The average Bonchev–Trinajstić information content (AvgIpc) is 2.54. The number of nitrogens with one attached hydrogen (secondary N) is 1. The Kier molecular flexibility index (Phi) is 4.87.